The first kappa shape index (κ1) is 11.7. The number of benzene rings is 2. The van der Waals surface area contributed by atoms with Crippen molar-refractivity contribution in [3.8, 4) is 6.07 Å². The fourth-order valence-electron chi connectivity index (χ4n) is 2.69. The SMILES string of the molecule is CC1=CCC(c2cc3ccccc3cc2C#N)=C1C. The van der Waals surface area contributed by atoms with Crippen LogP contribution >= 0.6 is 0 Å². The van der Waals surface area contributed by atoms with Crippen molar-refractivity contribution in [2.24, 2.45) is 0 Å². The second-order valence-corrected chi connectivity index (χ2v) is 5.05. The average molecular weight is 245 g/mol. The first-order chi connectivity index (χ1) is 9.20. The van der Waals surface area contributed by atoms with Crippen LogP contribution in [0.4, 0.5) is 0 Å². The van der Waals surface area contributed by atoms with E-state index in [-0.39, 0.29) is 0 Å². The molecule has 0 amide bonds. The number of allylic oxidation sites excluding steroid dienone is 4. The number of hydrogen-bond donors (Lipinski definition) is 0. The predicted molar refractivity (Wildman–Crippen MR) is 79.6 cm³/mol. The number of hydrogen-bond acceptors (Lipinski definition) is 1. The Bertz CT molecular complexity index is 770. The van der Waals surface area contributed by atoms with Gasteiger partial charge in [0.1, 0.15) is 0 Å². The van der Waals surface area contributed by atoms with Crippen molar-refractivity contribution in [3.05, 3.63) is 64.7 Å². The summed E-state index contributed by atoms with van der Waals surface area (Å²) in [6.45, 7) is 4.28. The molecule has 0 spiro atoms. The number of rotatable bonds is 1. The van der Waals surface area contributed by atoms with Crippen LogP contribution in [0.2, 0.25) is 0 Å². The van der Waals surface area contributed by atoms with Crippen molar-refractivity contribution in [2.45, 2.75) is 20.3 Å². The highest BCUT2D eigenvalue weighted by atomic mass is 14.3. The van der Waals surface area contributed by atoms with Crippen LogP contribution in [0.3, 0.4) is 0 Å². The van der Waals surface area contributed by atoms with Crippen LogP contribution in [-0.2, 0) is 0 Å². The summed E-state index contributed by atoms with van der Waals surface area (Å²) < 4.78 is 0. The summed E-state index contributed by atoms with van der Waals surface area (Å²) >= 11 is 0. The minimum Gasteiger partial charge on any atom is -0.192 e. The van der Waals surface area contributed by atoms with Gasteiger partial charge in [-0.1, -0.05) is 35.9 Å². The van der Waals surface area contributed by atoms with Crippen LogP contribution in [0.5, 0.6) is 0 Å². The predicted octanol–water partition coefficient (Wildman–Crippen LogP) is 4.83. The molecule has 1 nitrogen and oxygen atoms in total. The monoisotopic (exact) mass is 245 g/mol. The summed E-state index contributed by atoms with van der Waals surface area (Å²) in [5.74, 6) is 0. The molecule has 0 atom stereocenters. The molecular weight excluding hydrogens is 230 g/mol. The van der Waals surface area contributed by atoms with Gasteiger partial charge in [0.2, 0.25) is 0 Å². The maximum atomic E-state index is 9.40. The summed E-state index contributed by atoms with van der Waals surface area (Å²) in [7, 11) is 0. The lowest BCUT2D eigenvalue weighted by Crippen LogP contribution is -1.91. The van der Waals surface area contributed by atoms with Crippen LogP contribution in [0.1, 0.15) is 31.4 Å². The summed E-state index contributed by atoms with van der Waals surface area (Å²) in [4.78, 5) is 0. The molecule has 19 heavy (non-hydrogen) atoms. The Kier molecular flexibility index (Phi) is 2.72. The molecule has 1 aliphatic rings. The van der Waals surface area contributed by atoms with Crippen molar-refractivity contribution < 1.29 is 0 Å². The zero-order valence-corrected chi connectivity index (χ0v) is 11.2. The van der Waals surface area contributed by atoms with Gasteiger partial charge in [-0.05, 0) is 59.9 Å². The Morgan fingerprint density at radius 1 is 1.05 bits per heavy atom. The van der Waals surface area contributed by atoms with E-state index in [0.29, 0.717) is 0 Å². The lowest BCUT2D eigenvalue weighted by Gasteiger charge is -2.10. The number of nitrogens with zero attached hydrogens (tertiary/aromatic N) is 1. The van der Waals surface area contributed by atoms with E-state index < -0.39 is 0 Å². The van der Waals surface area contributed by atoms with Crippen molar-refractivity contribution in [3.63, 3.8) is 0 Å². The van der Waals surface area contributed by atoms with Crippen LogP contribution in [0.15, 0.2) is 53.6 Å². The van der Waals surface area contributed by atoms with E-state index in [0.717, 1.165) is 22.9 Å². The molecule has 0 unspecified atom stereocenters. The van der Waals surface area contributed by atoms with Gasteiger partial charge in [0.05, 0.1) is 11.6 Å². The lowest BCUT2D eigenvalue weighted by atomic mass is 9.93. The maximum Gasteiger partial charge on any atom is 0.0998 e. The van der Waals surface area contributed by atoms with E-state index in [1.807, 2.05) is 18.2 Å². The molecule has 0 N–H and O–H groups in total. The van der Waals surface area contributed by atoms with E-state index >= 15 is 0 Å². The largest absolute Gasteiger partial charge is 0.192 e. The normalized spacial score (nSPS) is 14.7. The molecule has 0 aromatic heterocycles. The van der Waals surface area contributed by atoms with Gasteiger partial charge in [0, 0.05) is 0 Å². The molecule has 0 fully saturated rings. The molecule has 1 aliphatic carbocycles. The first-order valence-electron chi connectivity index (χ1n) is 6.51. The van der Waals surface area contributed by atoms with Gasteiger partial charge >= 0.3 is 0 Å². The Morgan fingerprint density at radius 2 is 1.74 bits per heavy atom. The summed E-state index contributed by atoms with van der Waals surface area (Å²) in [6, 6.07) is 14.7. The molecule has 1 heteroatoms. The first-order valence-corrected chi connectivity index (χ1v) is 6.51. The van der Waals surface area contributed by atoms with E-state index in [2.05, 4.69) is 44.2 Å². The maximum absolute atomic E-state index is 9.40. The lowest BCUT2D eigenvalue weighted by molar-refractivity contribution is 1.38. The Hall–Kier alpha value is -2.33. The minimum atomic E-state index is 0.774. The molecular formula is C18H15N. The molecule has 0 heterocycles. The van der Waals surface area contributed by atoms with Crippen LogP contribution in [0, 0.1) is 11.3 Å². The second kappa shape index (κ2) is 4.40. The van der Waals surface area contributed by atoms with E-state index in [9.17, 15) is 5.26 Å². The number of fused-ring (bicyclic) bond motifs is 1. The van der Waals surface area contributed by atoms with Gasteiger partial charge in [-0.3, -0.25) is 0 Å². The van der Waals surface area contributed by atoms with E-state index in [1.54, 1.807) is 0 Å². The van der Waals surface area contributed by atoms with Gasteiger partial charge in [0.25, 0.3) is 0 Å². The van der Waals surface area contributed by atoms with Gasteiger partial charge in [-0.25, -0.2) is 0 Å². The molecule has 2 aromatic rings. The van der Waals surface area contributed by atoms with Gasteiger partial charge in [-0.2, -0.15) is 5.26 Å². The summed E-state index contributed by atoms with van der Waals surface area (Å²) in [5.41, 5.74) is 5.79. The Balaban J connectivity index is 2.27. The fraction of sp³-hybridized carbons (Fsp3) is 0.167. The molecule has 2 aromatic carbocycles. The van der Waals surface area contributed by atoms with Gasteiger partial charge in [-0.15, -0.1) is 0 Å². The van der Waals surface area contributed by atoms with Crippen molar-refractivity contribution in [1.29, 1.82) is 5.26 Å². The smallest absolute Gasteiger partial charge is 0.0998 e. The third-order valence-electron chi connectivity index (χ3n) is 3.99. The molecule has 0 radical (unpaired) electrons. The highest BCUT2D eigenvalue weighted by Gasteiger charge is 2.16. The van der Waals surface area contributed by atoms with E-state index in [4.69, 9.17) is 0 Å². The van der Waals surface area contributed by atoms with Crippen molar-refractivity contribution >= 4 is 16.3 Å². The standard InChI is InChI=1S/C18H15N/c1-12-7-8-17(13(12)2)18-10-15-6-4-3-5-14(15)9-16(18)11-19/h3-7,9-10H,8H2,1-2H3. The second-order valence-electron chi connectivity index (χ2n) is 5.05. The van der Waals surface area contributed by atoms with Crippen LogP contribution in [0.25, 0.3) is 16.3 Å². The third kappa shape index (κ3) is 1.86. The topological polar surface area (TPSA) is 23.8 Å². The highest BCUT2D eigenvalue weighted by molar-refractivity contribution is 5.90. The minimum absolute atomic E-state index is 0.774. The average Bonchev–Trinajstić information content (AvgIpc) is 2.77. The van der Waals surface area contributed by atoms with Gasteiger partial charge < -0.3 is 0 Å². The Morgan fingerprint density at radius 3 is 2.32 bits per heavy atom. The highest BCUT2D eigenvalue weighted by Crippen LogP contribution is 2.36. The molecule has 3 rings (SSSR count). The van der Waals surface area contributed by atoms with E-state index in [1.165, 1.54) is 22.1 Å². The van der Waals surface area contributed by atoms with Crippen molar-refractivity contribution in [1.82, 2.24) is 0 Å². The molecule has 0 saturated heterocycles. The Labute approximate surface area is 113 Å². The third-order valence-corrected chi connectivity index (χ3v) is 3.99. The zero-order chi connectivity index (χ0) is 13.4. The molecule has 0 saturated carbocycles. The number of nitriles is 1. The summed E-state index contributed by atoms with van der Waals surface area (Å²) in [6.07, 6.45) is 3.17. The van der Waals surface area contributed by atoms with Crippen molar-refractivity contribution in [2.75, 3.05) is 0 Å². The molecule has 0 aliphatic heterocycles. The summed E-state index contributed by atoms with van der Waals surface area (Å²) in [5, 5.41) is 11.7. The fourth-order valence-corrected chi connectivity index (χ4v) is 2.69. The van der Waals surface area contributed by atoms with Crippen LogP contribution in [-0.4, -0.2) is 0 Å². The zero-order valence-electron chi connectivity index (χ0n) is 11.2. The molecule has 0 bridgehead atoms. The molecule has 92 valence electrons. The van der Waals surface area contributed by atoms with Gasteiger partial charge in [0.15, 0.2) is 0 Å². The van der Waals surface area contributed by atoms with Crippen LogP contribution < -0.4 is 0 Å². The quantitative estimate of drug-likeness (QED) is 0.705.